The van der Waals surface area contributed by atoms with Crippen molar-refractivity contribution in [2.75, 3.05) is 5.32 Å². The van der Waals surface area contributed by atoms with Gasteiger partial charge in [0.25, 0.3) is 5.91 Å². The van der Waals surface area contributed by atoms with E-state index in [1.807, 2.05) is 42.5 Å². The lowest BCUT2D eigenvalue weighted by Gasteiger charge is -2.54. The van der Waals surface area contributed by atoms with E-state index < -0.39 is 0 Å². The van der Waals surface area contributed by atoms with Gasteiger partial charge in [0.1, 0.15) is 5.82 Å². The SMILES string of the molecule is O=C(NC1C2C[C@H]3C[C@@H](C2)C[C@@H]1C3)c1ccc2[nH]c(-c3ccc(NC(=O)C4CCCC4)cc3)nc2c1. The van der Waals surface area contributed by atoms with Crippen molar-refractivity contribution >= 4 is 28.5 Å². The van der Waals surface area contributed by atoms with Crippen LogP contribution in [0.15, 0.2) is 42.5 Å². The lowest BCUT2D eigenvalue weighted by Crippen LogP contribution is -2.55. The van der Waals surface area contributed by atoms with Crippen molar-refractivity contribution in [1.82, 2.24) is 15.3 Å². The highest BCUT2D eigenvalue weighted by atomic mass is 16.2. The maximum Gasteiger partial charge on any atom is 0.251 e. The van der Waals surface area contributed by atoms with E-state index in [2.05, 4.69) is 15.6 Å². The van der Waals surface area contributed by atoms with E-state index in [1.165, 1.54) is 32.1 Å². The molecule has 0 spiro atoms. The third-order valence-electron chi connectivity index (χ3n) is 9.42. The van der Waals surface area contributed by atoms with E-state index in [0.29, 0.717) is 23.4 Å². The number of carbonyl (C=O) groups is 2. The Morgan fingerprint density at radius 1 is 0.861 bits per heavy atom. The second-order valence-electron chi connectivity index (χ2n) is 11.8. The summed E-state index contributed by atoms with van der Waals surface area (Å²) in [6.07, 6.45) is 10.9. The largest absolute Gasteiger partial charge is 0.349 e. The van der Waals surface area contributed by atoms with Crippen molar-refractivity contribution in [3.05, 3.63) is 48.0 Å². The molecule has 5 aliphatic rings. The number of hydrogen-bond donors (Lipinski definition) is 3. The Hall–Kier alpha value is -3.15. The molecule has 6 nitrogen and oxygen atoms in total. The van der Waals surface area contributed by atoms with Gasteiger partial charge in [0, 0.05) is 28.8 Å². The maximum absolute atomic E-state index is 13.2. The molecular weight excluding hydrogens is 448 g/mol. The van der Waals surface area contributed by atoms with Gasteiger partial charge >= 0.3 is 0 Å². The summed E-state index contributed by atoms with van der Waals surface area (Å²) in [5, 5.41) is 6.46. The van der Waals surface area contributed by atoms with Gasteiger partial charge in [0.2, 0.25) is 5.91 Å². The molecule has 6 heteroatoms. The Balaban J connectivity index is 1.05. The van der Waals surface area contributed by atoms with Crippen molar-refractivity contribution in [3.63, 3.8) is 0 Å². The van der Waals surface area contributed by atoms with Gasteiger partial charge in [0.05, 0.1) is 11.0 Å². The van der Waals surface area contributed by atoms with Gasteiger partial charge in [-0.2, -0.15) is 0 Å². The van der Waals surface area contributed by atoms with Gasteiger partial charge < -0.3 is 15.6 Å². The number of H-pyrrole nitrogens is 1. The van der Waals surface area contributed by atoms with Crippen molar-refractivity contribution in [2.24, 2.45) is 29.6 Å². The third-order valence-corrected chi connectivity index (χ3v) is 9.42. The summed E-state index contributed by atoms with van der Waals surface area (Å²) in [4.78, 5) is 33.8. The highest BCUT2D eigenvalue weighted by molar-refractivity contribution is 5.98. The zero-order chi connectivity index (χ0) is 24.2. The Morgan fingerprint density at radius 3 is 2.25 bits per heavy atom. The van der Waals surface area contributed by atoms with Gasteiger partial charge in [-0.05, 0) is 111 Å². The zero-order valence-corrected chi connectivity index (χ0v) is 20.6. The minimum Gasteiger partial charge on any atom is -0.349 e. The first kappa shape index (κ1) is 22.1. The number of hydrogen-bond acceptors (Lipinski definition) is 3. The normalized spacial score (nSPS) is 29.1. The van der Waals surface area contributed by atoms with Crippen LogP contribution in [0, 0.1) is 29.6 Å². The Morgan fingerprint density at radius 2 is 1.56 bits per heavy atom. The Bertz CT molecular complexity index is 1280. The number of rotatable bonds is 5. The summed E-state index contributed by atoms with van der Waals surface area (Å²) in [5.74, 6) is 4.19. The fraction of sp³-hybridized carbons (Fsp3) is 0.500. The van der Waals surface area contributed by atoms with Gasteiger partial charge in [-0.15, -0.1) is 0 Å². The molecule has 3 aromatic rings. The van der Waals surface area contributed by atoms with Crippen LogP contribution in [-0.4, -0.2) is 27.8 Å². The van der Waals surface area contributed by atoms with Crippen molar-refractivity contribution < 1.29 is 9.59 Å². The fourth-order valence-electron chi connectivity index (χ4n) is 7.82. The smallest absolute Gasteiger partial charge is 0.251 e. The van der Waals surface area contributed by atoms with E-state index in [9.17, 15) is 9.59 Å². The zero-order valence-electron chi connectivity index (χ0n) is 20.6. The molecule has 186 valence electrons. The topological polar surface area (TPSA) is 86.9 Å². The number of fused-ring (bicyclic) bond motifs is 1. The highest BCUT2D eigenvalue weighted by Gasteiger charge is 2.48. The van der Waals surface area contributed by atoms with Crippen molar-refractivity contribution in [3.8, 4) is 11.4 Å². The summed E-state index contributed by atoms with van der Waals surface area (Å²) >= 11 is 0. The molecule has 1 heterocycles. The van der Waals surface area contributed by atoms with E-state index in [4.69, 9.17) is 4.98 Å². The van der Waals surface area contributed by atoms with Gasteiger partial charge in [-0.1, -0.05) is 12.8 Å². The third kappa shape index (κ3) is 4.00. The average molecular weight is 483 g/mol. The van der Waals surface area contributed by atoms with Gasteiger partial charge in [-0.25, -0.2) is 4.98 Å². The number of aromatic amines is 1. The summed E-state index contributed by atoms with van der Waals surface area (Å²) < 4.78 is 0. The van der Waals surface area contributed by atoms with E-state index in [0.717, 1.165) is 65.6 Å². The number of aromatic nitrogens is 2. The minimum absolute atomic E-state index is 0.0290. The minimum atomic E-state index is 0.0290. The first-order valence-corrected chi connectivity index (χ1v) is 13.8. The predicted octanol–water partition coefficient (Wildman–Crippen LogP) is 5.91. The number of anilines is 1. The molecule has 36 heavy (non-hydrogen) atoms. The summed E-state index contributed by atoms with van der Waals surface area (Å²) in [6, 6.07) is 13.9. The maximum atomic E-state index is 13.2. The monoisotopic (exact) mass is 482 g/mol. The molecule has 5 fully saturated rings. The molecule has 4 bridgehead atoms. The number of amides is 2. The molecule has 0 radical (unpaired) electrons. The lowest BCUT2D eigenvalue weighted by molar-refractivity contribution is -0.119. The molecule has 2 amide bonds. The Kier molecular flexibility index (Phi) is 5.37. The number of carbonyl (C=O) groups excluding carboxylic acids is 2. The van der Waals surface area contributed by atoms with E-state index in [-0.39, 0.29) is 17.7 Å². The summed E-state index contributed by atoms with van der Waals surface area (Å²) in [7, 11) is 0. The molecule has 8 rings (SSSR count). The van der Waals surface area contributed by atoms with Gasteiger partial charge in [0.15, 0.2) is 0 Å². The highest BCUT2D eigenvalue weighted by Crippen LogP contribution is 2.53. The van der Waals surface area contributed by atoms with Gasteiger partial charge in [-0.3, -0.25) is 9.59 Å². The van der Waals surface area contributed by atoms with Crippen LogP contribution >= 0.6 is 0 Å². The molecule has 5 aliphatic carbocycles. The quantitative estimate of drug-likeness (QED) is 0.422. The van der Waals surface area contributed by atoms with Crippen LogP contribution in [0.25, 0.3) is 22.4 Å². The van der Waals surface area contributed by atoms with Crippen LogP contribution < -0.4 is 10.6 Å². The van der Waals surface area contributed by atoms with E-state index in [1.54, 1.807) is 0 Å². The second kappa shape index (κ2) is 8.75. The lowest BCUT2D eigenvalue weighted by atomic mass is 9.54. The number of benzene rings is 2. The predicted molar refractivity (Wildman–Crippen MR) is 140 cm³/mol. The Labute approximate surface area is 211 Å². The average Bonchev–Trinajstić information content (AvgIpc) is 3.56. The molecular formula is C30H34N4O2. The molecule has 2 aromatic carbocycles. The second-order valence-corrected chi connectivity index (χ2v) is 11.8. The molecule has 5 saturated carbocycles. The molecule has 0 unspecified atom stereocenters. The summed E-state index contributed by atoms with van der Waals surface area (Å²) in [6.45, 7) is 0. The first-order valence-electron chi connectivity index (χ1n) is 13.8. The first-order chi connectivity index (χ1) is 17.6. The van der Waals surface area contributed by atoms with Crippen LogP contribution in [0.5, 0.6) is 0 Å². The van der Waals surface area contributed by atoms with Crippen LogP contribution in [-0.2, 0) is 4.79 Å². The number of nitrogens with zero attached hydrogens (tertiary/aromatic N) is 1. The van der Waals surface area contributed by atoms with E-state index >= 15 is 0 Å². The van der Waals surface area contributed by atoms with Crippen molar-refractivity contribution in [1.29, 1.82) is 0 Å². The standard InChI is InChI=1S/C30H34N4O2/c35-29(20-3-1-2-4-20)31-24-8-5-19(6-9-24)28-32-25-10-7-21(16-26(25)33-28)30(36)34-27-22-12-17-11-18(14-22)15-23(27)13-17/h5-10,16-18,20,22-23,27H,1-4,11-15H2,(H,31,35)(H,32,33)(H,34,36)/t17-,18+,22-,23?,27?. The molecule has 1 aromatic heterocycles. The van der Waals surface area contributed by atoms with Crippen LogP contribution in [0.4, 0.5) is 5.69 Å². The number of nitrogens with one attached hydrogen (secondary N) is 3. The van der Waals surface area contributed by atoms with Crippen LogP contribution in [0.3, 0.4) is 0 Å². The van der Waals surface area contributed by atoms with Crippen LogP contribution in [0.2, 0.25) is 0 Å². The summed E-state index contributed by atoms with van der Waals surface area (Å²) in [5.41, 5.74) is 4.15. The number of imidazole rings is 1. The fourth-order valence-corrected chi connectivity index (χ4v) is 7.82. The van der Waals surface area contributed by atoms with Crippen LogP contribution in [0.1, 0.15) is 68.1 Å². The molecule has 3 N–H and O–H groups in total. The molecule has 0 saturated heterocycles. The van der Waals surface area contributed by atoms with Crippen molar-refractivity contribution in [2.45, 2.75) is 63.8 Å². The molecule has 0 atom stereocenters. The molecule has 0 aliphatic heterocycles.